The summed E-state index contributed by atoms with van der Waals surface area (Å²) in [5.74, 6) is 1.56. The largest absolute Gasteiger partial charge is 0.393 e. The summed E-state index contributed by atoms with van der Waals surface area (Å²) in [5.41, 5.74) is 0. The molecule has 1 saturated heterocycles. The van der Waals surface area contributed by atoms with Gasteiger partial charge in [0.2, 0.25) is 0 Å². The third kappa shape index (κ3) is 2.52. The molecule has 0 radical (unpaired) electrons. The van der Waals surface area contributed by atoms with Crippen LogP contribution in [0, 0.1) is 11.8 Å². The van der Waals surface area contributed by atoms with E-state index in [4.69, 9.17) is 0 Å². The molecule has 0 bridgehead atoms. The second kappa shape index (κ2) is 4.81. The highest BCUT2D eigenvalue weighted by atomic mass is 16.3. The predicted octanol–water partition coefficient (Wildman–Crippen LogP) is 0.687. The van der Waals surface area contributed by atoms with Crippen LogP contribution < -0.4 is 5.32 Å². The molecule has 2 aliphatic rings. The lowest BCUT2D eigenvalue weighted by molar-refractivity contribution is 0.0201. The van der Waals surface area contributed by atoms with Gasteiger partial charge in [-0.05, 0) is 38.3 Å². The maximum Gasteiger partial charge on any atom is 0.0546 e. The number of rotatable bonds is 4. The van der Waals surface area contributed by atoms with E-state index in [1.54, 1.807) is 0 Å². The summed E-state index contributed by atoms with van der Waals surface area (Å²) < 4.78 is 0. The number of likely N-dealkylation sites (N-methyl/N-ethyl adjacent to an activating group) is 1. The highest BCUT2D eigenvalue weighted by molar-refractivity contribution is 4.89. The summed E-state index contributed by atoms with van der Waals surface area (Å²) in [5, 5.41) is 12.7. The summed E-state index contributed by atoms with van der Waals surface area (Å²) in [7, 11) is 2.24. The fourth-order valence-corrected chi connectivity index (χ4v) is 3.04. The van der Waals surface area contributed by atoms with Crippen LogP contribution in [-0.4, -0.2) is 48.8 Å². The molecule has 2 N–H and O–H groups in total. The van der Waals surface area contributed by atoms with Crippen LogP contribution in [0.2, 0.25) is 0 Å². The van der Waals surface area contributed by atoms with Gasteiger partial charge in [-0.25, -0.2) is 0 Å². The number of aliphatic hydroxyl groups excluding tert-OH is 1. The lowest BCUT2D eigenvalue weighted by Crippen LogP contribution is -2.44. The van der Waals surface area contributed by atoms with E-state index in [2.05, 4.69) is 24.2 Å². The van der Waals surface area contributed by atoms with Gasteiger partial charge in [0, 0.05) is 19.1 Å². The molecule has 3 nitrogen and oxygen atoms in total. The van der Waals surface area contributed by atoms with E-state index in [1.807, 2.05) is 0 Å². The van der Waals surface area contributed by atoms with Gasteiger partial charge >= 0.3 is 0 Å². The minimum atomic E-state index is -0.00734. The van der Waals surface area contributed by atoms with Crippen LogP contribution in [0.3, 0.4) is 0 Å². The summed E-state index contributed by atoms with van der Waals surface area (Å²) in [6.07, 6.45) is 3.30. The molecule has 0 spiro atoms. The summed E-state index contributed by atoms with van der Waals surface area (Å²) in [6.45, 7) is 5.77. The van der Waals surface area contributed by atoms with Crippen molar-refractivity contribution in [3.05, 3.63) is 0 Å². The molecule has 1 saturated carbocycles. The summed E-state index contributed by atoms with van der Waals surface area (Å²) in [4.78, 5) is 2.50. The molecule has 3 heteroatoms. The van der Waals surface area contributed by atoms with Crippen molar-refractivity contribution in [2.24, 2.45) is 11.8 Å². The van der Waals surface area contributed by atoms with E-state index in [1.165, 1.54) is 19.5 Å². The molecule has 88 valence electrons. The van der Waals surface area contributed by atoms with E-state index in [0.717, 1.165) is 31.2 Å². The Hall–Kier alpha value is -0.120. The highest BCUT2D eigenvalue weighted by Crippen LogP contribution is 2.29. The van der Waals surface area contributed by atoms with Gasteiger partial charge in [0.15, 0.2) is 0 Å². The van der Waals surface area contributed by atoms with Gasteiger partial charge in [0.1, 0.15) is 0 Å². The average molecular weight is 212 g/mol. The molecule has 2 unspecified atom stereocenters. The van der Waals surface area contributed by atoms with Crippen LogP contribution in [0.5, 0.6) is 0 Å². The summed E-state index contributed by atoms with van der Waals surface area (Å²) >= 11 is 0. The van der Waals surface area contributed by atoms with E-state index < -0.39 is 0 Å². The topological polar surface area (TPSA) is 35.5 Å². The number of nitrogens with zero attached hydrogens (tertiary/aromatic N) is 1. The Morgan fingerprint density at radius 1 is 1.33 bits per heavy atom. The Morgan fingerprint density at radius 3 is 2.67 bits per heavy atom. The Kier molecular flexibility index (Phi) is 3.65. The molecule has 1 heterocycles. The number of hydrogen-bond donors (Lipinski definition) is 2. The molecule has 2 atom stereocenters. The molecular weight excluding hydrogens is 188 g/mol. The van der Waals surface area contributed by atoms with Crippen molar-refractivity contribution >= 4 is 0 Å². The van der Waals surface area contributed by atoms with E-state index in [-0.39, 0.29) is 6.10 Å². The molecule has 0 aromatic heterocycles. The Labute approximate surface area is 92.8 Å². The number of aliphatic hydroxyl groups is 1. The smallest absolute Gasteiger partial charge is 0.0546 e. The van der Waals surface area contributed by atoms with Crippen LogP contribution in [0.1, 0.15) is 26.2 Å². The van der Waals surface area contributed by atoms with Crippen LogP contribution in [0.15, 0.2) is 0 Å². The van der Waals surface area contributed by atoms with E-state index in [9.17, 15) is 5.11 Å². The second-order valence-electron chi connectivity index (χ2n) is 5.32. The van der Waals surface area contributed by atoms with Crippen LogP contribution in [0.4, 0.5) is 0 Å². The number of hydrogen-bond acceptors (Lipinski definition) is 3. The van der Waals surface area contributed by atoms with Gasteiger partial charge in [-0.15, -0.1) is 0 Å². The zero-order valence-electron chi connectivity index (χ0n) is 9.95. The van der Waals surface area contributed by atoms with Crippen molar-refractivity contribution < 1.29 is 5.11 Å². The Morgan fingerprint density at radius 2 is 2.07 bits per heavy atom. The number of nitrogens with one attached hydrogen (secondary N) is 1. The molecule has 0 aromatic carbocycles. The van der Waals surface area contributed by atoms with Crippen molar-refractivity contribution in [3.8, 4) is 0 Å². The first-order valence-corrected chi connectivity index (χ1v) is 6.29. The van der Waals surface area contributed by atoms with Crippen molar-refractivity contribution in [1.82, 2.24) is 10.2 Å². The van der Waals surface area contributed by atoms with Crippen molar-refractivity contribution in [2.75, 3.05) is 26.7 Å². The molecule has 2 rings (SSSR count). The molecule has 0 amide bonds. The van der Waals surface area contributed by atoms with Gasteiger partial charge < -0.3 is 15.3 Å². The molecule has 0 aromatic rings. The maximum atomic E-state index is 9.26. The van der Waals surface area contributed by atoms with Crippen LogP contribution in [0.25, 0.3) is 0 Å². The van der Waals surface area contributed by atoms with Crippen LogP contribution >= 0.6 is 0 Å². The molecule has 1 aliphatic heterocycles. The first-order chi connectivity index (χ1) is 7.20. The third-order valence-corrected chi connectivity index (χ3v) is 4.15. The van der Waals surface area contributed by atoms with Crippen molar-refractivity contribution in [3.63, 3.8) is 0 Å². The molecule has 15 heavy (non-hydrogen) atoms. The highest BCUT2D eigenvalue weighted by Gasteiger charge is 2.33. The van der Waals surface area contributed by atoms with Crippen LogP contribution in [-0.2, 0) is 0 Å². The molecule has 2 fully saturated rings. The SMILES string of the molecule is CCC1CNCC1N(C)CC1CC(O)C1. The zero-order chi connectivity index (χ0) is 10.8. The van der Waals surface area contributed by atoms with Crippen molar-refractivity contribution in [1.29, 1.82) is 0 Å². The van der Waals surface area contributed by atoms with E-state index >= 15 is 0 Å². The fraction of sp³-hybridized carbons (Fsp3) is 1.00. The first-order valence-electron chi connectivity index (χ1n) is 6.29. The second-order valence-corrected chi connectivity index (χ2v) is 5.32. The first kappa shape index (κ1) is 11.4. The quantitative estimate of drug-likeness (QED) is 0.719. The minimum Gasteiger partial charge on any atom is -0.393 e. The average Bonchev–Trinajstić information content (AvgIpc) is 2.62. The Bertz CT molecular complexity index is 204. The maximum absolute atomic E-state index is 9.26. The lowest BCUT2D eigenvalue weighted by Gasteiger charge is -2.37. The predicted molar refractivity (Wildman–Crippen MR) is 61.8 cm³/mol. The lowest BCUT2D eigenvalue weighted by atomic mass is 9.81. The van der Waals surface area contributed by atoms with Gasteiger partial charge in [-0.1, -0.05) is 13.3 Å². The van der Waals surface area contributed by atoms with Gasteiger partial charge in [-0.3, -0.25) is 0 Å². The van der Waals surface area contributed by atoms with E-state index in [0.29, 0.717) is 6.04 Å². The minimum absolute atomic E-state index is 0.00734. The monoisotopic (exact) mass is 212 g/mol. The molecular formula is C12H24N2O. The molecule has 1 aliphatic carbocycles. The zero-order valence-corrected chi connectivity index (χ0v) is 9.95. The van der Waals surface area contributed by atoms with Gasteiger partial charge in [-0.2, -0.15) is 0 Å². The Balaban J connectivity index is 1.77. The fourth-order valence-electron chi connectivity index (χ4n) is 3.04. The van der Waals surface area contributed by atoms with Gasteiger partial charge in [0.25, 0.3) is 0 Å². The van der Waals surface area contributed by atoms with Crippen molar-refractivity contribution in [2.45, 2.75) is 38.3 Å². The third-order valence-electron chi connectivity index (χ3n) is 4.15. The standard InChI is InChI=1S/C12H24N2O/c1-3-10-6-13-7-12(10)14(2)8-9-4-11(15)5-9/h9-13,15H,3-8H2,1-2H3. The normalized spacial score (nSPS) is 40.8. The van der Waals surface area contributed by atoms with Gasteiger partial charge in [0.05, 0.1) is 6.10 Å². The summed E-state index contributed by atoms with van der Waals surface area (Å²) in [6, 6.07) is 0.716.